The summed E-state index contributed by atoms with van der Waals surface area (Å²) < 4.78 is 59.5. The molecule has 12 nitrogen and oxygen atoms in total. The minimum atomic E-state index is -5.08. The van der Waals surface area contributed by atoms with Gasteiger partial charge in [0.2, 0.25) is 0 Å². The topological polar surface area (TPSA) is 211 Å². The van der Waals surface area contributed by atoms with E-state index in [-0.39, 0.29) is 25.8 Å². The molecule has 0 saturated carbocycles. The third kappa shape index (κ3) is 10.1. The highest BCUT2D eigenvalue weighted by molar-refractivity contribution is 7.87. The molecular weight excluding hydrogens is 454 g/mol. The van der Waals surface area contributed by atoms with E-state index in [1.807, 2.05) is 0 Å². The van der Waals surface area contributed by atoms with Crippen LogP contribution in [0.2, 0.25) is 6.32 Å². The molecule has 1 aliphatic rings. The van der Waals surface area contributed by atoms with E-state index in [9.17, 15) is 36.6 Å². The van der Waals surface area contributed by atoms with Crippen LogP contribution in [0.15, 0.2) is 0 Å². The maximum atomic E-state index is 12.3. The Morgan fingerprint density at radius 3 is 2.10 bits per heavy atom. The van der Waals surface area contributed by atoms with E-state index in [2.05, 4.69) is 4.72 Å². The van der Waals surface area contributed by atoms with Crippen LogP contribution in [0, 0.1) is 5.92 Å². The van der Waals surface area contributed by atoms with Crippen molar-refractivity contribution in [2.24, 2.45) is 11.7 Å². The summed E-state index contributed by atoms with van der Waals surface area (Å²) in [5.41, 5.74) is 2.92. The maximum Gasteiger partial charge on any atom is 0.490 e. The van der Waals surface area contributed by atoms with E-state index >= 15 is 0 Å². The molecule has 1 aliphatic heterocycles. The number of aliphatic hydroxyl groups is 1. The Labute approximate surface area is 177 Å². The van der Waals surface area contributed by atoms with Gasteiger partial charge in [-0.1, -0.05) is 6.42 Å². The fourth-order valence-corrected chi connectivity index (χ4v) is 4.05. The zero-order chi connectivity index (χ0) is 24.8. The van der Waals surface area contributed by atoms with Gasteiger partial charge in [-0.3, -0.25) is 4.79 Å². The second-order valence-electron chi connectivity index (χ2n) is 7.69. The Morgan fingerprint density at radius 2 is 1.74 bits per heavy atom. The van der Waals surface area contributed by atoms with Crippen LogP contribution in [0.3, 0.4) is 0 Å². The van der Waals surface area contributed by atoms with Crippen molar-refractivity contribution in [1.29, 1.82) is 0 Å². The van der Waals surface area contributed by atoms with Gasteiger partial charge in [-0.15, -0.1) is 0 Å². The molecule has 0 spiro atoms. The van der Waals surface area contributed by atoms with Crippen molar-refractivity contribution in [2.45, 2.75) is 50.3 Å². The Balaban J connectivity index is 0.00000110. The molecule has 0 aromatic carbocycles. The van der Waals surface area contributed by atoms with Crippen LogP contribution in [0.4, 0.5) is 13.2 Å². The smallest absolute Gasteiger partial charge is 0.480 e. The maximum absolute atomic E-state index is 12.3. The number of hydrogen-bond acceptors (Lipinski definition) is 8. The first-order valence-electron chi connectivity index (χ1n) is 8.88. The monoisotopic (exact) mass is 481 g/mol. The highest BCUT2D eigenvalue weighted by Crippen LogP contribution is 2.31. The lowest BCUT2D eigenvalue weighted by Crippen LogP contribution is -2.55. The van der Waals surface area contributed by atoms with Gasteiger partial charge in [-0.05, 0) is 26.6 Å². The zero-order valence-corrected chi connectivity index (χ0v) is 17.6. The molecule has 0 radical (unpaired) electrons. The number of nitrogens with two attached hydrogens (primary N) is 1. The largest absolute Gasteiger partial charge is 0.490 e. The van der Waals surface area contributed by atoms with E-state index in [4.69, 9.17) is 25.7 Å². The van der Waals surface area contributed by atoms with Gasteiger partial charge in [-0.2, -0.15) is 30.6 Å². The fraction of sp³-hybridized carbons (Fsp3) is 0.857. The number of alkyl halides is 3. The zero-order valence-electron chi connectivity index (χ0n) is 16.8. The molecule has 8 N–H and O–H groups in total. The minimum absolute atomic E-state index is 0.0515. The molecule has 1 fully saturated rings. The molecule has 1 rings (SSSR count). The third-order valence-electron chi connectivity index (χ3n) is 4.27. The van der Waals surface area contributed by atoms with E-state index in [1.54, 1.807) is 0 Å². The standard InChI is InChI=1S/C12H26BN3O7S.C2HF3O2/c1-11(2,19)7-15-24(22,23)16-6-9(4-3-5-13(20)21)12(14,8-16)10(17)18;3-2(4,5)1(6)7/h9,15,19-21H,3-8,14H2,1-2H3,(H,17,18);(H,6,7)/t9-,12-;/m0./s1. The summed E-state index contributed by atoms with van der Waals surface area (Å²) in [6.45, 7) is 2.17. The van der Waals surface area contributed by atoms with Gasteiger partial charge in [-0.25, -0.2) is 4.79 Å². The number of nitrogens with zero attached hydrogens (tertiary/aromatic N) is 1. The van der Waals surface area contributed by atoms with Crippen LogP contribution in [-0.4, -0.2) is 94.1 Å². The predicted molar refractivity (Wildman–Crippen MR) is 101 cm³/mol. The van der Waals surface area contributed by atoms with E-state index < -0.39 is 59.0 Å². The van der Waals surface area contributed by atoms with Crippen molar-refractivity contribution < 1.29 is 56.5 Å². The lowest BCUT2D eigenvalue weighted by Gasteiger charge is -2.25. The number of rotatable bonds is 9. The summed E-state index contributed by atoms with van der Waals surface area (Å²) in [6.07, 6.45) is -4.48. The van der Waals surface area contributed by atoms with Gasteiger partial charge in [0.05, 0.1) is 5.60 Å². The Morgan fingerprint density at radius 1 is 1.26 bits per heavy atom. The summed E-state index contributed by atoms with van der Waals surface area (Å²) in [7, 11) is -5.49. The number of halogens is 3. The summed E-state index contributed by atoms with van der Waals surface area (Å²) in [4.78, 5) is 20.4. The number of carboxylic acids is 2. The molecular formula is C14H27BF3N3O9S. The molecule has 1 saturated heterocycles. The van der Waals surface area contributed by atoms with Gasteiger partial charge < -0.3 is 31.1 Å². The highest BCUT2D eigenvalue weighted by Gasteiger charge is 2.52. The lowest BCUT2D eigenvalue weighted by molar-refractivity contribution is -0.192. The predicted octanol–water partition coefficient (Wildman–Crippen LogP) is -1.81. The summed E-state index contributed by atoms with van der Waals surface area (Å²) in [6, 6.07) is 0. The fourth-order valence-electron chi connectivity index (χ4n) is 2.57. The summed E-state index contributed by atoms with van der Waals surface area (Å²) >= 11 is 0. The second kappa shape index (κ2) is 10.9. The molecule has 0 amide bonds. The summed E-state index contributed by atoms with van der Waals surface area (Å²) in [5.74, 6) is -4.72. The molecule has 0 unspecified atom stereocenters. The Hall–Kier alpha value is -1.50. The van der Waals surface area contributed by atoms with Crippen molar-refractivity contribution in [2.75, 3.05) is 19.6 Å². The highest BCUT2D eigenvalue weighted by atomic mass is 32.2. The lowest BCUT2D eigenvalue weighted by atomic mass is 9.78. The number of nitrogens with one attached hydrogen (secondary N) is 1. The van der Waals surface area contributed by atoms with Crippen molar-refractivity contribution in [3.63, 3.8) is 0 Å². The van der Waals surface area contributed by atoms with Gasteiger partial charge in [0.15, 0.2) is 0 Å². The molecule has 31 heavy (non-hydrogen) atoms. The minimum Gasteiger partial charge on any atom is -0.480 e. The first-order chi connectivity index (χ1) is 13.7. The molecule has 182 valence electrons. The van der Waals surface area contributed by atoms with Crippen molar-refractivity contribution in [3.8, 4) is 0 Å². The second-order valence-corrected chi connectivity index (χ2v) is 9.44. The van der Waals surface area contributed by atoms with Crippen LogP contribution in [0.25, 0.3) is 0 Å². The van der Waals surface area contributed by atoms with Crippen LogP contribution in [-0.2, 0) is 19.8 Å². The Kier molecular flexibility index (Phi) is 10.4. The Bertz CT molecular complexity index is 731. The number of hydrogen-bond donors (Lipinski definition) is 7. The summed E-state index contributed by atoms with van der Waals surface area (Å²) in [5, 5.41) is 43.9. The van der Waals surface area contributed by atoms with E-state index in [0.29, 0.717) is 6.42 Å². The van der Waals surface area contributed by atoms with Crippen molar-refractivity contribution in [1.82, 2.24) is 9.03 Å². The first-order valence-corrected chi connectivity index (χ1v) is 10.3. The van der Waals surface area contributed by atoms with Gasteiger partial charge in [0, 0.05) is 25.6 Å². The third-order valence-corrected chi connectivity index (χ3v) is 5.74. The van der Waals surface area contributed by atoms with Gasteiger partial charge in [0.25, 0.3) is 10.2 Å². The van der Waals surface area contributed by atoms with Gasteiger partial charge in [0.1, 0.15) is 5.54 Å². The van der Waals surface area contributed by atoms with Gasteiger partial charge >= 0.3 is 25.2 Å². The SMILES string of the molecule is CC(C)(O)CNS(=O)(=O)N1C[C@H](CCCB(O)O)[C@](N)(C(=O)O)C1.O=C(O)C(F)(F)F. The van der Waals surface area contributed by atoms with Crippen molar-refractivity contribution >= 4 is 29.3 Å². The average molecular weight is 481 g/mol. The quantitative estimate of drug-likeness (QED) is 0.184. The molecule has 2 atom stereocenters. The molecule has 0 aromatic heterocycles. The first kappa shape index (κ1) is 29.5. The van der Waals surface area contributed by atoms with Crippen LogP contribution < -0.4 is 10.5 Å². The number of aliphatic carboxylic acids is 2. The molecule has 0 bridgehead atoms. The van der Waals surface area contributed by atoms with Crippen molar-refractivity contribution in [3.05, 3.63) is 0 Å². The molecule has 0 aliphatic carbocycles. The van der Waals surface area contributed by atoms with Crippen LogP contribution >= 0.6 is 0 Å². The average Bonchev–Trinajstić information content (AvgIpc) is 2.91. The number of carbonyl (C=O) groups is 2. The van der Waals surface area contributed by atoms with Crippen LogP contribution in [0.1, 0.15) is 26.7 Å². The van der Waals surface area contributed by atoms with E-state index in [1.165, 1.54) is 13.8 Å². The van der Waals surface area contributed by atoms with E-state index in [0.717, 1.165) is 4.31 Å². The number of carboxylic acid groups (broad SMARTS) is 2. The normalized spacial score (nSPS) is 22.5. The molecule has 17 heteroatoms. The van der Waals surface area contributed by atoms with Crippen LogP contribution in [0.5, 0.6) is 0 Å². The molecule has 0 aromatic rings. The molecule has 1 heterocycles.